The molecular weight excluding hydrogens is 423 g/mol. The summed E-state index contributed by atoms with van der Waals surface area (Å²) in [4.78, 5) is 25.6. The van der Waals surface area contributed by atoms with Crippen molar-refractivity contribution in [2.75, 3.05) is 44.7 Å². The maximum Gasteiger partial charge on any atom is 0.416 e. The van der Waals surface area contributed by atoms with Crippen LogP contribution < -0.4 is 5.32 Å². The standard InChI is InChI=1S/C22H26F3N5O2/c1-15-19(21(31)30-7-5-18(6-8-30)29-9-11-32-12-10-29)26-14-27-20(15)28-17-4-2-3-16(13-17)22(23,24)25/h2-4,13-14,18H,5-12H2,1H3,(H,26,27,28). The molecule has 2 fully saturated rings. The molecule has 0 radical (unpaired) electrons. The summed E-state index contributed by atoms with van der Waals surface area (Å²) in [5, 5.41) is 2.89. The summed E-state index contributed by atoms with van der Waals surface area (Å²) in [7, 11) is 0. The van der Waals surface area contributed by atoms with Gasteiger partial charge in [0.2, 0.25) is 0 Å². The van der Waals surface area contributed by atoms with E-state index in [0.717, 1.165) is 51.3 Å². The number of benzene rings is 1. The second kappa shape index (κ2) is 9.41. The molecule has 2 saturated heterocycles. The highest BCUT2D eigenvalue weighted by Gasteiger charge is 2.31. The molecule has 0 saturated carbocycles. The highest BCUT2D eigenvalue weighted by atomic mass is 19.4. The molecule has 10 heteroatoms. The summed E-state index contributed by atoms with van der Waals surface area (Å²) < 4.78 is 44.4. The Labute approximate surface area is 184 Å². The number of amides is 1. The van der Waals surface area contributed by atoms with Crippen LogP contribution in [0.2, 0.25) is 0 Å². The van der Waals surface area contributed by atoms with E-state index < -0.39 is 11.7 Å². The van der Waals surface area contributed by atoms with Gasteiger partial charge in [0.25, 0.3) is 5.91 Å². The number of hydrogen-bond acceptors (Lipinski definition) is 6. The molecule has 0 atom stereocenters. The van der Waals surface area contributed by atoms with Crippen molar-refractivity contribution in [1.29, 1.82) is 0 Å². The third kappa shape index (κ3) is 5.02. The summed E-state index contributed by atoms with van der Waals surface area (Å²) in [5.41, 5.74) is 0.254. The number of nitrogens with one attached hydrogen (secondary N) is 1. The number of aromatic nitrogens is 2. The van der Waals surface area contributed by atoms with Crippen LogP contribution in [0.4, 0.5) is 24.7 Å². The van der Waals surface area contributed by atoms with E-state index in [1.54, 1.807) is 11.8 Å². The zero-order chi connectivity index (χ0) is 22.7. The van der Waals surface area contributed by atoms with Gasteiger partial charge in [-0.15, -0.1) is 0 Å². The number of likely N-dealkylation sites (tertiary alicyclic amines) is 1. The normalized spacial score (nSPS) is 18.6. The molecule has 32 heavy (non-hydrogen) atoms. The van der Waals surface area contributed by atoms with Gasteiger partial charge in [-0.3, -0.25) is 9.69 Å². The number of hydrogen-bond donors (Lipinski definition) is 1. The molecule has 1 aromatic heterocycles. The fourth-order valence-electron chi connectivity index (χ4n) is 4.23. The van der Waals surface area contributed by atoms with Crippen LogP contribution in [0.15, 0.2) is 30.6 Å². The van der Waals surface area contributed by atoms with Gasteiger partial charge in [-0.05, 0) is 38.0 Å². The zero-order valence-electron chi connectivity index (χ0n) is 17.9. The summed E-state index contributed by atoms with van der Waals surface area (Å²) in [6.45, 7) is 6.33. The van der Waals surface area contributed by atoms with Crippen molar-refractivity contribution in [3.8, 4) is 0 Å². The van der Waals surface area contributed by atoms with Crippen LogP contribution in [0.3, 0.4) is 0 Å². The minimum absolute atomic E-state index is 0.183. The van der Waals surface area contributed by atoms with Gasteiger partial charge in [0, 0.05) is 43.5 Å². The van der Waals surface area contributed by atoms with E-state index >= 15 is 0 Å². The van der Waals surface area contributed by atoms with Gasteiger partial charge in [-0.1, -0.05) is 6.07 Å². The van der Waals surface area contributed by atoms with Crippen molar-refractivity contribution in [1.82, 2.24) is 19.8 Å². The number of alkyl halides is 3. The van der Waals surface area contributed by atoms with Crippen LogP contribution in [-0.4, -0.2) is 71.1 Å². The first-order valence-corrected chi connectivity index (χ1v) is 10.7. The molecule has 1 aromatic carbocycles. The molecule has 2 aromatic rings. The Morgan fingerprint density at radius 3 is 2.53 bits per heavy atom. The molecule has 2 aliphatic heterocycles. The molecule has 0 aliphatic carbocycles. The third-order valence-electron chi connectivity index (χ3n) is 6.05. The van der Waals surface area contributed by atoms with E-state index in [1.165, 1.54) is 18.5 Å². The maximum atomic E-state index is 13.1. The Hall–Kier alpha value is -2.72. The van der Waals surface area contributed by atoms with Crippen molar-refractivity contribution in [2.45, 2.75) is 32.0 Å². The molecule has 1 amide bonds. The van der Waals surface area contributed by atoms with Crippen LogP contribution in [0.5, 0.6) is 0 Å². The number of morpholine rings is 1. The van der Waals surface area contributed by atoms with E-state index in [-0.39, 0.29) is 17.3 Å². The van der Waals surface area contributed by atoms with Crippen LogP contribution in [-0.2, 0) is 10.9 Å². The van der Waals surface area contributed by atoms with Crippen molar-refractivity contribution in [2.24, 2.45) is 0 Å². The van der Waals surface area contributed by atoms with Gasteiger partial charge in [0.15, 0.2) is 0 Å². The first kappa shape index (κ1) is 22.5. The first-order chi connectivity index (χ1) is 15.3. The Bertz CT molecular complexity index is 955. The minimum Gasteiger partial charge on any atom is -0.379 e. The SMILES string of the molecule is Cc1c(Nc2cccc(C(F)(F)F)c2)ncnc1C(=O)N1CCC(N2CCOCC2)CC1. The molecule has 172 valence electrons. The molecule has 4 rings (SSSR count). The summed E-state index contributed by atoms with van der Waals surface area (Å²) in [6, 6.07) is 5.32. The van der Waals surface area contributed by atoms with Crippen molar-refractivity contribution in [3.05, 3.63) is 47.4 Å². The first-order valence-electron chi connectivity index (χ1n) is 10.7. The fraction of sp³-hybridized carbons (Fsp3) is 0.500. The quantitative estimate of drug-likeness (QED) is 0.771. The largest absolute Gasteiger partial charge is 0.416 e. The lowest BCUT2D eigenvalue weighted by molar-refractivity contribution is -0.137. The predicted octanol–water partition coefficient (Wildman–Crippen LogP) is 3.48. The molecule has 1 N–H and O–H groups in total. The number of carbonyl (C=O) groups is 1. The topological polar surface area (TPSA) is 70.6 Å². The van der Waals surface area contributed by atoms with E-state index in [9.17, 15) is 18.0 Å². The molecule has 0 bridgehead atoms. The third-order valence-corrected chi connectivity index (χ3v) is 6.05. The Balaban J connectivity index is 1.44. The van der Waals surface area contributed by atoms with Gasteiger partial charge >= 0.3 is 6.18 Å². The van der Waals surface area contributed by atoms with Gasteiger partial charge < -0.3 is 15.0 Å². The molecule has 2 aliphatic rings. The highest BCUT2D eigenvalue weighted by molar-refractivity contribution is 5.95. The summed E-state index contributed by atoms with van der Waals surface area (Å²) in [5.74, 6) is 0.128. The van der Waals surface area contributed by atoms with E-state index in [4.69, 9.17) is 4.74 Å². The predicted molar refractivity (Wildman–Crippen MR) is 113 cm³/mol. The number of halogens is 3. The lowest BCUT2D eigenvalue weighted by Gasteiger charge is -2.40. The molecular formula is C22H26F3N5O2. The minimum atomic E-state index is -4.44. The molecule has 3 heterocycles. The van der Waals surface area contributed by atoms with E-state index in [1.807, 2.05) is 0 Å². The molecule has 0 unspecified atom stereocenters. The van der Waals surface area contributed by atoms with Crippen molar-refractivity contribution in [3.63, 3.8) is 0 Å². The lowest BCUT2D eigenvalue weighted by atomic mass is 10.0. The average Bonchev–Trinajstić information content (AvgIpc) is 2.80. The van der Waals surface area contributed by atoms with Crippen LogP contribution in [0.25, 0.3) is 0 Å². The van der Waals surface area contributed by atoms with Gasteiger partial charge in [-0.25, -0.2) is 9.97 Å². The summed E-state index contributed by atoms with van der Waals surface area (Å²) in [6.07, 6.45) is -1.39. The molecule has 7 nitrogen and oxygen atoms in total. The lowest BCUT2D eigenvalue weighted by Crippen LogP contribution is -2.50. The smallest absolute Gasteiger partial charge is 0.379 e. The van der Waals surface area contributed by atoms with Crippen LogP contribution in [0.1, 0.15) is 34.5 Å². The number of rotatable bonds is 4. The summed E-state index contributed by atoms with van der Waals surface area (Å²) >= 11 is 0. The molecule has 0 spiro atoms. The average molecular weight is 449 g/mol. The van der Waals surface area contributed by atoms with Gasteiger partial charge in [0.1, 0.15) is 17.8 Å². The second-order valence-electron chi connectivity index (χ2n) is 8.07. The van der Waals surface area contributed by atoms with Crippen molar-refractivity contribution >= 4 is 17.4 Å². The maximum absolute atomic E-state index is 13.1. The Morgan fingerprint density at radius 1 is 1.12 bits per heavy atom. The number of ether oxygens (including phenoxy) is 1. The Morgan fingerprint density at radius 2 is 1.84 bits per heavy atom. The van der Waals surface area contributed by atoms with Gasteiger partial charge in [0.05, 0.1) is 18.8 Å². The van der Waals surface area contributed by atoms with Gasteiger partial charge in [-0.2, -0.15) is 13.2 Å². The number of piperidine rings is 1. The second-order valence-corrected chi connectivity index (χ2v) is 8.07. The van der Waals surface area contributed by atoms with Crippen LogP contribution >= 0.6 is 0 Å². The van der Waals surface area contributed by atoms with E-state index in [0.29, 0.717) is 30.5 Å². The number of carbonyl (C=O) groups excluding carboxylic acids is 1. The Kier molecular flexibility index (Phi) is 6.61. The zero-order valence-corrected chi connectivity index (χ0v) is 17.9. The van der Waals surface area contributed by atoms with E-state index in [2.05, 4.69) is 20.2 Å². The number of anilines is 2. The fourth-order valence-corrected chi connectivity index (χ4v) is 4.23. The number of nitrogens with zero attached hydrogens (tertiary/aromatic N) is 4. The highest BCUT2D eigenvalue weighted by Crippen LogP contribution is 2.31. The van der Waals surface area contributed by atoms with Crippen LogP contribution in [0, 0.1) is 6.92 Å². The monoisotopic (exact) mass is 449 g/mol. The van der Waals surface area contributed by atoms with Crippen molar-refractivity contribution < 1.29 is 22.7 Å².